The van der Waals surface area contributed by atoms with Gasteiger partial charge in [-0.05, 0) is 43.5 Å². The lowest BCUT2D eigenvalue weighted by Crippen LogP contribution is -2.32. The van der Waals surface area contributed by atoms with E-state index in [-0.39, 0.29) is 17.7 Å². The van der Waals surface area contributed by atoms with Gasteiger partial charge in [0, 0.05) is 12.1 Å². The number of hydrogen-bond acceptors (Lipinski definition) is 2. The fraction of sp³-hybridized carbons (Fsp3) is 0.222. The zero-order valence-corrected chi connectivity index (χ0v) is 11.9. The van der Waals surface area contributed by atoms with Crippen LogP contribution in [0.3, 0.4) is 0 Å². The zero-order chi connectivity index (χ0) is 15.1. The molecule has 1 atom stereocenters. The van der Waals surface area contributed by atoms with Crippen LogP contribution in [0, 0.1) is 11.6 Å². The van der Waals surface area contributed by atoms with Crippen LogP contribution in [0.25, 0.3) is 0 Å². The fourth-order valence-corrected chi connectivity index (χ4v) is 3.15. The number of rotatable bonds is 1. The van der Waals surface area contributed by atoms with Crippen molar-refractivity contribution in [2.45, 2.75) is 25.3 Å². The van der Waals surface area contributed by atoms with E-state index in [1.54, 1.807) is 12.1 Å². The van der Waals surface area contributed by atoms with Crippen molar-refractivity contribution in [1.29, 1.82) is 0 Å². The third-order valence-corrected chi connectivity index (χ3v) is 4.14. The highest BCUT2D eigenvalue weighted by Crippen LogP contribution is 2.48. The standard InChI is InChI=1S/C18H15F2NO/c19-12-6-8-15-17(10-12)22-18-11-13(20)7-9-16(18)21(15)14-4-2-1-3-5-14/h2,4,6-11,14H,1,3,5H2/t14-/m0/s1. The van der Waals surface area contributed by atoms with Crippen molar-refractivity contribution < 1.29 is 13.5 Å². The number of halogens is 2. The molecule has 0 N–H and O–H groups in total. The number of allylic oxidation sites excluding steroid dienone is 1. The molecule has 0 saturated carbocycles. The van der Waals surface area contributed by atoms with Crippen LogP contribution < -0.4 is 9.64 Å². The Bertz CT molecular complexity index is 705. The van der Waals surface area contributed by atoms with E-state index >= 15 is 0 Å². The molecule has 2 nitrogen and oxygen atoms in total. The van der Waals surface area contributed by atoms with Gasteiger partial charge in [-0.3, -0.25) is 0 Å². The molecule has 0 spiro atoms. The Balaban J connectivity index is 1.88. The Hall–Kier alpha value is -2.36. The summed E-state index contributed by atoms with van der Waals surface area (Å²) >= 11 is 0. The Morgan fingerprint density at radius 3 is 2.14 bits per heavy atom. The van der Waals surface area contributed by atoms with E-state index in [2.05, 4.69) is 17.1 Å². The van der Waals surface area contributed by atoms with Crippen molar-refractivity contribution in [1.82, 2.24) is 0 Å². The van der Waals surface area contributed by atoms with Gasteiger partial charge >= 0.3 is 0 Å². The molecule has 22 heavy (non-hydrogen) atoms. The van der Waals surface area contributed by atoms with Crippen LogP contribution in [0.1, 0.15) is 19.3 Å². The van der Waals surface area contributed by atoms with Crippen molar-refractivity contribution in [3.05, 3.63) is 60.2 Å². The lowest BCUT2D eigenvalue weighted by molar-refractivity contribution is 0.456. The largest absolute Gasteiger partial charge is 0.453 e. The van der Waals surface area contributed by atoms with Crippen LogP contribution in [0.15, 0.2) is 48.6 Å². The first-order chi connectivity index (χ1) is 10.7. The van der Waals surface area contributed by atoms with Crippen molar-refractivity contribution in [3.8, 4) is 11.5 Å². The Morgan fingerprint density at radius 1 is 0.955 bits per heavy atom. The molecule has 2 aromatic carbocycles. The van der Waals surface area contributed by atoms with Crippen LogP contribution in [-0.4, -0.2) is 6.04 Å². The van der Waals surface area contributed by atoms with Gasteiger partial charge < -0.3 is 9.64 Å². The lowest BCUT2D eigenvalue weighted by Gasteiger charge is -2.38. The first kappa shape index (κ1) is 13.3. The Morgan fingerprint density at radius 2 is 1.59 bits per heavy atom. The van der Waals surface area contributed by atoms with Crippen LogP contribution in [0.2, 0.25) is 0 Å². The van der Waals surface area contributed by atoms with Gasteiger partial charge in [-0.2, -0.15) is 0 Å². The first-order valence-electron chi connectivity index (χ1n) is 7.45. The molecule has 0 fully saturated rings. The van der Waals surface area contributed by atoms with Crippen molar-refractivity contribution in [3.63, 3.8) is 0 Å². The van der Waals surface area contributed by atoms with Gasteiger partial charge in [0.15, 0.2) is 11.5 Å². The first-order valence-corrected chi connectivity index (χ1v) is 7.45. The third-order valence-electron chi connectivity index (χ3n) is 4.14. The molecule has 2 aromatic rings. The monoisotopic (exact) mass is 299 g/mol. The molecule has 2 aliphatic rings. The summed E-state index contributed by atoms with van der Waals surface area (Å²) in [5, 5.41) is 0. The summed E-state index contributed by atoms with van der Waals surface area (Å²) in [6, 6.07) is 9.17. The zero-order valence-electron chi connectivity index (χ0n) is 11.9. The molecule has 0 bridgehead atoms. The Kier molecular flexibility index (Phi) is 3.10. The smallest absolute Gasteiger partial charge is 0.154 e. The average molecular weight is 299 g/mol. The molecule has 0 aromatic heterocycles. The summed E-state index contributed by atoms with van der Waals surface area (Å²) in [5.74, 6) is 0.129. The molecule has 0 amide bonds. The highest BCUT2D eigenvalue weighted by atomic mass is 19.1. The second-order valence-corrected chi connectivity index (χ2v) is 5.62. The van der Waals surface area contributed by atoms with Gasteiger partial charge in [-0.25, -0.2) is 8.78 Å². The summed E-state index contributed by atoms with van der Waals surface area (Å²) < 4.78 is 32.8. The maximum atomic E-state index is 13.5. The van der Waals surface area contributed by atoms with E-state index in [0.717, 1.165) is 30.6 Å². The predicted octanol–water partition coefficient (Wildman–Crippen LogP) is 5.32. The van der Waals surface area contributed by atoms with Gasteiger partial charge in [0.05, 0.1) is 17.4 Å². The van der Waals surface area contributed by atoms with Crippen LogP contribution >= 0.6 is 0 Å². The molecule has 0 radical (unpaired) electrons. The highest BCUT2D eigenvalue weighted by Gasteiger charge is 2.30. The molecular formula is C18H15F2NO. The molecule has 4 heteroatoms. The van der Waals surface area contributed by atoms with Crippen molar-refractivity contribution >= 4 is 11.4 Å². The number of fused-ring (bicyclic) bond motifs is 2. The molecule has 112 valence electrons. The lowest BCUT2D eigenvalue weighted by atomic mass is 9.99. The van der Waals surface area contributed by atoms with Gasteiger partial charge in [-0.1, -0.05) is 12.2 Å². The van der Waals surface area contributed by atoms with Crippen LogP contribution in [0.4, 0.5) is 20.2 Å². The summed E-state index contributed by atoms with van der Waals surface area (Å²) in [4.78, 5) is 2.11. The number of anilines is 2. The normalized spacial score (nSPS) is 19.4. The molecule has 0 saturated heterocycles. The van der Waals surface area contributed by atoms with Gasteiger partial charge in [0.1, 0.15) is 11.6 Å². The molecule has 1 aliphatic heterocycles. The van der Waals surface area contributed by atoms with E-state index < -0.39 is 0 Å². The number of benzene rings is 2. The predicted molar refractivity (Wildman–Crippen MR) is 81.8 cm³/mol. The van der Waals surface area contributed by atoms with Gasteiger partial charge in [0.2, 0.25) is 0 Å². The molecule has 0 unspecified atom stereocenters. The second-order valence-electron chi connectivity index (χ2n) is 5.62. The minimum absolute atomic E-state index is 0.172. The maximum absolute atomic E-state index is 13.5. The van der Waals surface area contributed by atoms with E-state index in [9.17, 15) is 8.78 Å². The quantitative estimate of drug-likeness (QED) is 0.661. The molecule has 1 heterocycles. The number of ether oxygens (including phenoxy) is 1. The van der Waals surface area contributed by atoms with E-state index in [1.807, 2.05) is 0 Å². The molecular weight excluding hydrogens is 284 g/mol. The third kappa shape index (κ3) is 2.15. The van der Waals surface area contributed by atoms with E-state index in [1.165, 1.54) is 24.3 Å². The maximum Gasteiger partial charge on any atom is 0.154 e. The summed E-state index contributed by atoms with van der Waals surface area (Å²) in [7, 11) is 0. The van der Waals surface area contributed by atoms with Gasteiger partial charge in [-0.15, -0.1) is 0 Å². The van der Waals surface area contributed by atoms with Crippen molar-refractivity contribution in [2.75, 3.05) is 4.90 Å². The van der Waals surface area contributed by atoms with Crippen LogP contribution in [-0.2, 0) is 0 Å². The Labute approximate surface area is 127 Å². The minimum atomic E-state index is -0.363. The van der Waals surface area contributed by atoms with Crippen LogP contribution in [0.5, 0.6) is 11.5 Å². The summed E-state index contributed by atoms with van der Waals surface area (Å²) in [6.45, 7) is 0. The number of nitrogens with zero attached hydrogens (tertiary/aromatic N) is 1. The molecule has 4 rings (SSSR count). The topological polar surface area (TPSA) is 12.5 Å². The van der Waals surface area contributed by atoms with E-state index in [0.29, 0.717) is 11.5 Å². The SMILES string of the molecule is Fc1ccc2c(c1)Oc1cc(F)ccc1N2[C@H]1C=CCCC1. The van der Waals surface area contributed by atoms with Gasteiger partial charge in [0.25, 0.3) is 0 Å². The molecule has 1 aliphatic carbocycles. The van der Waals surface area contributed by atoms with Crippen molar-refractivity contribution in [2.24, 2.45) is 0 Å². The highest BCUT2D eigenvalue weighted by molar-refractivity contribution is 5.79. The van der Waals surface area contributed by atoms with E-state index in [4.69, 9.17) is 4.74 Å². The summed E-state index contributed by atoms with van der Waals surface area (Å²) in [5.41, 5.74) is 1.63. The second kappa shape index (κ2) is 5.13. The number of hydrogen-bond donors (Lipinski definition) is 0. The summed E-state index contributed by atoms with van der Waals surface area (Å²) in [6.07, 6.45) is 7.51. The average Bonchev–Trinajstić information content (AvgIpc) is 2.53. The minimum Gasteiger partial charge on any atom is -0.453 e. The fourth-order valence-electron chi connectivity index (χ4n) is 3.15.